The van der Waals surface area contributed by atoms with Gasteiger partial charge in [0.25, 0.3) is 0 Å². The van der Waals surface area contributed by atoms with Crippen LogP contribution in [0.25, 0.3) is 0 Å². The molecule has 0 aliphatic carbocycles. The molecule has 0 radical (unpaired) electrons. The maximum absolute atomic E-state index is 8.83. The molecule has 2 unspecified atom stereocenters. The Balaban J connectivity index is 2.00. The number of nitrogens with zero attached hydrogens (tertiary/aromatic N) is 1. The van der Waals surface area contributed by atoms with Gasteiger partial charge in [-0.2, -0.15) is 0 Å². The van der Waals surface area contributed by atoms with Gasteiger partial charge in [-0.3, -0.25) is 0 Å². The van der Waals surface area contributed by atoms with Crippen LogP contribution in [0.2, 0.25) is 0 Å². The highest BCUT2D eigenvalue weighted by atomic mass is 16.5. The first-order chi connectivity index (χ1) is 7.78. The number of benzene rings is 1. The lowest BCUT2D eigenvalue weighted by Crippen LogP contribution is -2.32. The van der Waals surface area contributed by atoms with Gasteiger partial charge in [0.15, 0.2) is 0 Å². The van der Waals surface area contributed by atoms with Crippen LogP contribution in [-0.4, -0.2) is 23.1 Å². The Morgan fingerprint density at radius 1 is 1.31 bits per heavy atom. The van der Waals surface area contributed by atoms with Crippen molar-refractivity contribution in [3.05, 3.63) is 35.9 Å². The molecule has 3 heteroatoms. The van der Waals surface area contributed by atoms with Gasteiger partial charge < -0.3 is 9.94 Å². The second-order valence-electron chi connectivity index (χ2n) is 4.33. The molecule has 0 saturated carbocycles. The zero-order valence-electron chi connectivity index (χ0n) is 9.47. The molecule has 2 atom stereocenters. The lowest BCUT2D eigenvalue weighted by atomic mass is 9.97. The van der Waals surface area contributed by atoms with E-state index in [2.05, 4.69) is 17.3 Å². The summed E-state index contributed by atoms with van der Waals surface area (Å²) < 4.78 is 5.83. The lowest BCUT2D eigenvalue weighted by Gasteiger charge is -2.28. The Bertz CT molecular complexity index is 361. The molecule has 0 aromatic heterocycles. The van der Waals surface area contributed by atoms with Gasteiger partial charge in [-0.05, 0) is 18.9 Å². The summed E-state index contributed by atoms with van der Waals surface area (Å²) >= 11 is 0. The molecular weight excluding hydrogens is 202 g/mol. The van der Waals surface area contributed by atoms with Crippen LogP contribution in [0.5, 0.6) is 0 Å². The van der Waals surface area contributed by atoms with Crippen LogP contribution < -0.4 is 0 Å². The molecule has 1 aliphatic rings. The molecule has 1 N–H and O–H groups in total. The van der Waals surface area contributed by atoms with Gasteiger partial charge >= 0.3 is 0 Å². The van der Waals surface area contributed by atoms with Crippen molar-refractivity contribution in [2.75, 3.05) is 0 Å². The first-order valence-electron chi connectivity index (χ1n) is 5.67. The fourth-order valence-electron chi connectivity index (χ4n) is 2.18. The fourth-order valence-corrected chi connectivity index (χ4v) is 2.18. The van der Waals surface area contributed by atoms with E-state index in [0.717, 1.165) is 25.0 Å². The van der Waals surface area contributed by atoms with E-state index in [4.69, 9.17) is 9.94 Å². The minimum absolute atomic E-state index is 0.136. The highest BCUT2D eigenvalue weighted by molar-refractivity contribution is 5.85. The SMILES string of the molecule is CC1C/C(=N\O)CC(Cc2ccccc2)O1. The first kappa shape index (κ1) is 11.1. The molecule has 2 rings (SSSR count). The first-order valence-corrected chi connectivity index (χ1v) is 5.67. The largest absolute Gasteiger partial charge is 0.411 e. The van der Waals surface area contributed by atoms with Crippen molar-refractivity contribution in [3.8, 4) is 0 Å². The monoisotopic (exact) mass is 219 g/mol. The molecule has 16 heavy (non-hydrogen) atoms. The van der Waals surface area contributed by atoms with Crippen LogP contribution in [0.15, 0.2) is 35.5 Å². The van der Waals surface area contributed by atoms with Crippen molar-refractivity contribution in [2.24, 2.45) is 5.16 Å². The molecular formula is C13H17NO2. The van der Waals surface area contributed by atoms with Crippen molar-refractivity contribution in [3.63, 3.8) is 0 Å². The van der Waals surface area contributed by atoms with E-state index in [1.807, 2.05) is 25.1 Å². The van der Waals surface area contributed by atoms with Crippen molar-refractivity contribution in [1.82, 2.24) is 0 Å². The molecule has 1 aliphatic heterocycles. The Hall–Kier alpha value is -1.35. The van der Waals surface area contributed by atoms with Gasteiger partial charge in [-0.15, -0.1) is 0 Å². The maximum Gasteiger partial charge on any atom is 0.0672 e. The summed E-state index contributed by atoms with van der Waals surface area (Å²) in [4.78, 5) is 0. The Labute approximate surface area is 95.7 Å². The topological polar surface area (TPSA) is 41.8 Å². The third-order valence-corrected chi connectivity index (χ3v) is 2.86. The summed E-state index contributed by atoms with van der Waals surface area (Å²) in [5, 5.41) is 12.2. The second kappa shape index (κ2) is 5.12. The summed E-state index contributed by atoms with van der Waals surface area (Å²) in [5.74, 6) is 0. The molecule has 1 aromatic rings. The molecule has 86 valence electrons. The predicted molar refractivity (Wildman–Crippen MR) is 62.9 cm³/mol. The third kappa shape index (κ3) is 2.83. The molecule has 1 fully saturated rings. The summed E-state index contributed by atoms with van der Waals surface area (Å²) in [6.07, 6.45) is 2.63. The lowest BCUT2D eigenvalue weighted by molar-refractivity contribution is -0.00752. The van der Waals surface area contributed by atoms with E-state index in [9.17, 15) is 0 Å². The number of hydrogen-bond donors (Lipinski definition) is 1. The Morgan fingerprint density at radius 3 is 2.75 bits per heavy atom. The van der Waals surface area contributed by atoms with Crippen LogP contribution in [0.4, 0.5) is 0 Å². The van der Waals surface area contributed by atoms with E-state index in [1.165, 1.54) is 5.56 Å². The van der Waals surface area contributed by atoms with Gasteiger partial charge in [-0.25, -0.2) is 0 Å². The highest BCUT2D eigenvalue weighted by Gasteiger charge is 2.24. The van der Waals surface area contributed by atoms with Crippen molar-refractivity contribution in [1.29, 1.82) is 0 Å². The molecule has 0 amide bonds. The van der Waals surface area contributed by atoms with E-state index < -0.39 is 0 Å². The van der Waals surface area contributed by atoms with Crippen LogP contribution in [0.1, 0.15) is 25.3 Å². The highest BCUT2D eigenvalue weighted by Crippen LogP contribution is 2.20. The van der Waals surface area contributed by atoms with E-state index in [0.29, 0.717) is 0 Å². The van der Waals surface area contributed by atoms with Crippen LogP contribution in [0.3, 0.4) is 0 Å². The van der Waals surface area contributed by atoms with E-state index in [1.54, 1.807) is 0 Å². The number of oxime groups is 1. The summed E-state index contributed by atoms with van der Waals surface area (Å²) in [6.45, 7) is 2.02. The van der Waals surface area contributed by atoms with Crippen molar-refractivity contribution >= 4 is 5.71 Å². The van der Waals surface area contributed by atoms with Gasteiger partial charge in [0.1, 0.15) is 0 Å². The molecule has 3 nitrogen and oxygen atoms in total. The third-order valence-electron chi connectivity index (χ3n) is 2.86. The maximum atomic E-state index is 8.83. The predicted octanol–water partition coefficient (Wildman–Crippen LogP) is 2.63. The molecule has 1 aromatic carbocycles. The standard InChI is InChI=1S/C13H17NO2/c1-10-7-12(14-15)9-13(16-10)8-11-5-3-2-4-6-11/h2-6,10,13,15H,7-9H2,1H3/b14-12+. The molecule has 0 bridgehead atoms. The van der Waals surface area contributed by atoms with Gasteiger partial charge in [-0.1, -0.05) is 35.5 Å². The average molecular weight is 219 g/mol. The van der Waals surface area contributed by atoms with Crippen LogP contribution in [0, 0.1) is 0 Å². The average Bonchev–Trinajstić information content (AvgIpc) is 2.29. The Kier molecular flexibility index (Phi) is 3.57. The molecule has 1 saturated heterocycles. The number of ether oxygens (including phenoxy) is 1. The Morgan fingerprint density at radius 2 is 2.06 bits per heavy atom. The van der Waals surface area contributed by atoms with E-state index >= 15 is 0 Å². The summed E-state index contributed by atoms with van der Waals surface area (Å²) in [6, 6.07) is 10.3. The van der Waals surface area contributed by atoms with Crippen LogP contribution in [-0.2, 0) is 11.2 Å². The summed E-state index contributed by atoms with van der Waals surface area (Å²) in [5.41, 5.74) is 2.11. The smallest absolute Gasteiger partial charge is 0.0672 e. The van der Waals surface area contributed by atoms with Crippen molar-refractivity contribution < 1.29 is 9.94 Å². The van der Waals surface area contributed by atoms with Gasteiger partial charge in [0, 0.05) is 12.8 Å². The number of rotatable bonds is 2. The second-order valence-corrected chi connectivity index (χ2v) is 4.33. The van der Waals surface area contributed by atoms with Gasteiger partial charge in [0.2, 0.25) is 0 Å². The van der Waals surface area contributed by atoms with Gasteiger partial charge in [0.05, 0.1) is 17.9 Å². The minimum atomic E-state index is 0.136. The zero-order chi connectivity index (χ0) is 11.4. The minimum Gasteiger partial charge on any atom is -0.411 e. The zero-order valence-corrected chi connectivity index (χ0v) is 9.47. The molecule has 0 spiro atoms. The number of hydrogen-bond acceptors (Lipinski definition) is 3. The molecule has 1 heterocycles. The van der Waals surface area contributed by atoms with Crippen LogP contribution >= 0.6 is 0 Å². The normalized spacial score (nSPS) is 28.2. The fraction of sp³-hybridized carbons (Fsp3) is 0.462. The van der Waals surface area contributed by atoms with E-state index in [-0.39, 0.29) is 12.2 Å². The quantitative estimate of drug-likeness (QED) is 0.613. The van der Waals surface area contributed by atoms with Crippen molar-refractivity contribution in [2.45, 2.75) is 38.4 Å². The summed E-state index contributed by atoms with van der Waals surface area (Å²) in [7, 11) is 0.